The predicted molar refractivity (Wildman–Crippen MR) is 148 cm³/mol. The summed E-state index contributed by atoms with van der Waals surface area (Å²) in [7, 11) is 0. The number of hydrogen-bond donors (Lipinski definition) is 1. The zero-order valence-electron chi connectivity index (χ0n) is 20.6. The first kappa shape index (κ1) is 24.2. The minimum atomic E-state index is -0.121. The molecule has 0 radical (unpaired) electrons. The summed E-state index contributed by atoms with van der Waals surface area (Å²) in [6.45, 7) is 0. The van der Waals surface area contributed by atoms with E-state index in [0.29, 0.717) is 24.0 Å². The first-order chi connectivity index (χ1) is 18.2. The number of benzene rings is 4. The molecule has 1 heterocycles. The van der Waals surface area contributed by atoms with Gasteiger partial charge in [-0.3, -0.25) is 9.59 Å². The number of aromatic amines is 1. The smallest absolute Gasteiger partial charge is 0.163 e. The molecule has 1 aromatic heterocycles. The van der Waals surface area contributed by atoms with Crippen molar-refractivity contribution in [1.29, 1.82) is 0 Å². The van der Waals surface area contributed by atoms with Gasteiger partial charge >= 0.3 is 0 Å². The molecule has 0 saturated heterocycles. The van der Waals surface area contributed by atoms with E-state index in [-0.39, 0.29) is 23.4 Å². The summed E-state index contributed by atoms with van der Waals surface area (Å²) in [5.41, 5.74) is 5.53. The van der Waals surface area contributed by atoms with E-state index < -0.39 is 0 Å². The third kappa shape index (κ3) is 5.84. The molecule has 5 aromatic rings. The highest BCUT2D eigenvalue weighted by Crippen LogP contribution is 2.34. The van der Waals surface area contributed by atoms with Crippen LogP contribution in [0.5, 0.6) is 0 Å². The van der Waals surface area contributed by atoms with Crippen LogP contribution in [0.15, 0.2) is 133 Å². The molecule has 0 aliphatic carbocycles. The fraction of sp³-hybridized carbons (Fsp3) is 0.118. The van der Waals surface area contributed by atoms with Gasteiger partial charge in [-0.2, -0.15) is 0 Å². The molecule has 0 aliphatic heterocycles. The summed E-state index contributed by atoms with van der Waals surface area (Å²) in [5.74, 6) is -0.0401. The molecule has 0 spiro atoms. The lowest BCUT2D eigenvalue weighted by atomic mass is 9.89. The van der Waals surface area contributed by atoms with E-state index in [1.165, 1.54) is 0 Å². The van der Waals surface area contributed by atoms with Crippen molar-refractivity contribution in [1.82, 2.24) is 4.98 Å². The van der Waals surface area contributed by atoms with Gasteiger partial charge in [0, 0.05) is 47.2 Å². The highest BCUT2D eigenvalue weighted by molar-refractivity contribution is 5.97. The SMILES string of the molecule is O=C(CC(c1ccccc1)c1ccc(C(CC(=O)c2ccccc2)c2ccccc2)[nH]1)c1ccccc1. The second-order valence-electron chi connectivity index (χ2n) is 9.28. The van der Waals surface area contributed by atoms with Crippen molar-refractivity contribution in [3.63, 3.8) is 0 Å². The molecule has 1 N–H and O–H groups in total. The maximum Gasteiger partial charge on any atom is 0.163 e. The standard InChI is InChI=1S/C34H29NO2/c36-33(27-17-9-3-10-18-27)23-29(25-13-5-1-6-14-25)31-21-22-32(35-31)30(26-15-7-2-8-16-26)24-34(37)28-19-11-4-12-20-28/h1-22,29-30,35H,23-24H2. The van der Waals surface area contributed by atoms with Gasteiger partial charge in [0.25, 0.3) is 0 Å². The van der Waals surface area contributed by atoms with Gasteiger partial charge in [-0.1, -0.05) is 121 Å². The van der Waals surface area contributed by atoms with Gasteiger partial charge < -0.3 is 4.98 Å². The number of Topliss-reactive ketones (excluding diaryl/α,β-unsaturated/α-hetero) is 2. The lowest BCUT2D eigenvalue weighted by Gasteiger charge is -2.18. The van der Waals surface area contributed by atoms with Crippen LogP contribution < -0.4 is 0 Å². The van der Waals surface area contributed by atoms with Crippen molar-refractivity contribution < 1.29 is 9.59 Å². The third-order valence-corrected chi connectivity index (χ3v) is 6.86. The van der Waals surface area contributed by atoms with Crippen molar-refractivity contribution in [2.45, 2.75) is 24.7 Å². The molecule has 0 bridgehead atoms. The van der Waals surface area contributed by atoms with Crippen LogP contribution in [0.25, 0.3) is 0 Å². The molecule has 2 unspecified atom stereocenters. The number of hydrogen-bond acceptors (Lipinski definition) is 2. The Bertz CT molecular complexity index is 1330. The zero-order chi connectivity index (χ0) is 25.5. The van der Waals surface area contributed by atoms with Crippen LogP contribution >= 0.6 is 0 Å². The van der Waals surface area contributed by atoms with E-state index in [1.54, 1.807) is 0 Å². The molecule has 4 aromatic carbocycles. The Morgan fingerprint density at radius 2 is 0.784 bits per heavy atom. The fourth-order valence-electron chi connectivity index (χ4n) is 4.88. The minimum absolute atomic E-state index is 0.101. The molecule has 5 rings (SSSR count). The van der Waals surface area contributed by atoms with Crippen LogP contribution in [0.2, 0.25) is 0 Å². The van der Waals surface area contributed by atoms with Gasteiger partial charge in [-0.15, -0.1) is 0 Å². The van der Waals surface area contributed by atoms with Gasteiger partial charge in [0.05, 0.1) is 0 Å². The minimum Gasteiger partial charge on any atom is -0.361 e. The van der Waals surface area contributed by atoms with Gasteiger partial charge in [-0.25, -0.2) is 0 Å². The highest BCUT2D eigenvalue weighted by Gasteiger charge is 2.24. The highest BCUT2D eigenvalue weighted by atomic mass is 16.1. The molecule has 3 heteroatoms. The van der Waals surface area contributed by atoms with Crippen molar-refractivity contribution in [3.8, 4) is 0 Å². The Hall–Kier alpha value is -4.50. The van der Waals surface area contributed by atoms with E-state index in [1.807, 2.05) is 97.1 Å². The summed E-state index contributed by atoms with van der Waals surface area (Å²) >= 11 is 0. The quantitative estimate of drug-likeness (QED) is 0.206. The number of nitrogens with one attached hydrogen (secondary N) is 1. The molecule has 0 aliphatic rings. The number of carbonyl (C=O) groups excluding carboxylic acids is 2. The average Bonchev–Trinajstić information content (AvgIpc) is 3.46. The van der Waals surface area contributed by atoms with Gasteiger partial charge in [-0.05, 0) is 23.3 Å². The Kier molecular flexibility index (Phi) is 7.52. The molecule has 182 valence electrons. The predicted octanol–water partition coefficient (Wildman–Crippen LogP) is 7.82. The van der Waals surface area contributed by atoms with E-state index in [2.05, 4.69) is 41.4 Å². The lowest BCUT2D eigenvalue weighted by molar-refractivity contribution is 0.0970. The summed E-state index contributed by atoms with van der Waals surface area (Å²) < 4.78 is 0. The summed E-state index contributed by atoms with van der Waals surface area (Å²) in [5, 5.41) is 0. The lowest BCUT2D eigenvalue weighted by Crippen LogP contribution is -2.12. The summed E-state index contributed by atoms with van der Waals surface area (Å²) in [6.07, 6.45) is 0.708. The van der Waals surface area contributed by atoms with E-state index >= 15 is 0 Å². The maximum absolute atomic E-state index is 13.2. The zero-order valence-corrected chi connectivity index (χ0v) is 20.6. The van der Waals surface area contributed by atoms with Gasteiger partial charge in [0.2, 0.25) is 0 Å². The van der Waals surface area contributed by atoms with Crippen molar-refractivity contribution in [2.24, 2.45) is 0 Å². The molecule has 0 saturated carbocycles. The molecule has 0 amide bonds. The second kappa shape index (κ2) is 11.5. The summed E-state index contributed by atoms with van der Waals surface area (Å²) in [6, 6.07) is 43.3. The Morgan fingerprint density at radius 1 is 0.459 bits per heavy atom. The second-order valence-corrected chi connectivity index (χ2v) is 9.28. The Morgan fingerprint density at radius 3 is 1.14 bits per heavy atom. The first-order valence-electron chi connectivity index (χ1n) is 12.6. The van der Waals surface area contributed by atoms with Gasteiger partial charge in [0.15, 0.2) is 11.6 Å². The molecular formula is C34H29NO2. The number of H-pyrrole nitrogens is 1. The molecule has 0 fully saturated rings. The van der Waals surface area contributed by atoms with Crippen molar-refractivity contribution in [2.75, 3.05) is 0 Å². The van der Waals surface area contributed by atoms with Crippen LogP contribution in [0.4, 0.5) is 0 Å². The number of rotatable bonds is 10. The van der Waals surface area contributed by atoms with Crippen LogP contribution in [0.1, 0.15) is 67.9 Å². The number of carbonyl (C=O) groups is 2. The summed E-state index contributed by atoms with van der Waals surface area (Å²) in [4.78, 5) is 30.0. The molecule has 3 nitrogen and oxygen atoms in total. The van der Waals surface area contributed by atoms with Crippen molar-refractivity contribution in [3.05, 3.63) is 167 Å². The van der Waals surface area contributed by atoms with Crippen molar-refractivity contribution >= 4 is 11.6 Å². The average molecular weight is 484 g/mol. The van der Waals surface area contributed by atoms with E-state index in [9.17, 15) is 9.59 Å². The molecule has 2 atom stereocenters. The third-order valence-electron chi connectivity index (χ3n) is 6.86. The topological polar surface area (TPSA) is 49.9 Å². The normalized spacial score (nSPS) is 12.5. The fourth-order valence-corrected chi connectivity index (χ4v) is 4.88. The van der Waals surface area contributed by atoms with E-state index in [0.717, 1.165) is 22.5 Å². The largest absolute Gasteiger partial charge is 0.361 e. The van der Waals surface area contributed by atoms with Crippen LogP contribution in [0, 0.1) is 0 Å². The Labute approximate surface area is 217 Å². The molecule has 37 heavy (non-hydrogen) atoms. The van der Waals surface area contributed by atoms with Gasteiger partial charge in [0.1, 0.15) is 0 Å². The maximum atomic E-state index is 13.2. The number of ketones is 2. The molecular weight excluding hydrogens is 454 g/mol. The van der Waals surface area contributed by atoms with E-state index in [4.69, 9.17) is 0 Å². The van der Waals surface area contributed by atoms with Crippen LogP contribution in [-0.4, -0.2) is 16.6 Å². The monoisotopic (exact) mass is 483 g/mol. The van der Waals surface area contributed by atoms with Crippen LogP contribution in [-0.2, 0) is 0 Å². The Balaban J connectivity index is 1.48. The number of aromatic nitrogens is 1. The first-order valence-corrected chi connectivity index (χ1v) is 12.6. The van der Waals surface area contributed by atoms with Crippen LogP contribution in [0.3, 0.4) is 0 Å².